The van der Waals surface area contributed by atoms with Gasteiger partial charge < -0.3 is 5.32 Å². The highest BCUT2D eigenvalue weighted by molar-refractivity contribution is 5.73. The van der Waals surface area contributed by atoms with Gasteiger partial charge in [-0.1, -0.05) is 54.6 Å². The largest absolute Gasteiger partial charge is 0.380 e. The van der Waals surface area contributed by atoms with Crippen molar-refractivity contribution in [3.63, 3.8) is 0 Å². The lowest BCUT2D eigenvalue weighted by Gasteiger charge is -2.10. The molecule has 0 fully saturated rings. The number of allylic oxidation sites excluding steroid dienone is 1. The summed E-state index contributed by atoms with van der Waals surface area (Å²) >= 11 is 0. The van der Waals surface area contributed by atoms with E-state index in [-0.39, 0.29) is 0 Å². The molecule has 0 saturated heterocycles. The lowest BCUT2D eigenvalue weighted by Crippen LogP contribution is -2.01. The van der Waals surface area contributed by atoms with Crippen molar-refractivity contribution in [2.24, 2.45) is 0 Å². The second-order valence-corrected chi connectivity index (χ2v) is 4.32. The second-order valence-electron chi connectivity index (χ2n) is 4.32. The maximum Gasteiger partial charge on any atom is 0.0419 e. The van der Waals surface area contributed by atoms with Crippen LogP contribution in [0.25, 0.3) is 6.08 Å². The number of hydrogen-bond donors (Lipinski definition) is 1. The summed E-state index contributed by atoms with van der Waals surface area (Å²) in [5, 5.41) is 3.51. The Balaban J connectivity index is 1.78. The molecule has 0 atom stereocenters. The number of nitrogens with one attached hydrogen (secondary N) is 1. The van der Waals surface area contributed by atoms with Gasteiger partial charge in [-0.2, -0.15) is 0 Å². The van der Waals surface area contributed by atoms with Crippen molar-refractivity contribution in [3.05, 3.63) is 71.3 Å². The van der Waals surface area contributed by atoms with Crippen LogP contribution in [0.1, 0.15) is 16.7 Å². The van der Waals surface area contributed by atoms with Crippen LogP contribution in [0.5, 0.6) is 0 Å². The monoisotopic (exact) mass is 221 g/mol. The zero-order chi connectivity index (χ0) is 11.5. The molecule has 1 nitrogen and oxygen atoms in total. The van der Waals surface area contributed by atoms with Crippen molar-refractivity contribution in [2.75, 3.05) is 5.32 Å². The summed E-state index contributed by atoms with van der Waals surface area (Å²) in [6.07, 6.45) is 5.50. The molecule has 1 heteroatoms. The van der Waals surface area contributed by atoms with E-state index in [2.05, 4.69) is 59.9 Å². The Kier molecular flexibility index (Phi) is 2.66. The van der Waals surface area contributed by atoms with E-state index in [1.807, 2.05) is 6.07 Å². The Hall–Kier alpha value is -2.02. The third-order valence-corrected chi connectivity index (χ3v) is 3.14. The van der Waals surface area contributed by atoms with Crippen LogP contribution in [-0.2, 0) is 13.0 Å². The molecule has 0 unspecified atom stereocenters. The molecule has 2 aromatic rings. The lowest BCUT2D eigenvalue weighted by molar-refractivity contribution is 1.14. The first kappa shape index (κ1) is 10.2. The summed E-state index contributed by atoms with van der Waals surface area (Å²) in [6.45, 7) is 0.880. The molecule has 0 saturated carbocycles. The molecular weight excluding hydrogens is 206 g/mol. The van der Waals surface area contributed by atoms with E-state index in [4.69, 9.17) is 0 Å². The van der Waals surface area contributed by atoms with Gasteiger partial charge in [-0.3, -0.25) is 0 Å². The smallest absolute Gasteiger partial charge is 0.0419 e. The maximum absolute atomic E-state index is 3.51. The molecule has 2 aromatic carbocycles. The van der Waals surface area contributed by atoms with E-state index < -0.39 is 0 Å². The fourth-order valence-electron chi connectivity index (χ4n) is 2.24. The average molecular weight is 221 g/mol. The van der Waals surface area contributed by atoms with Crippen LogP contribution >= 0.6 is 0 Å². The van der Waals surface area contributed by atoms with Crippen LogP contribution in [0.15, 0.2) is 54.6 Å². The van der Waals surface area contributed by atoms with E-state index in [1.165, 1.54) is 22.4 Å². The zero-order valence-corrected chi connectivity index (χ0v) is 9.69. The van der Waals surface area contributed by atoms with Crippen molar-refractivity contribution in [1.82, 2.24) is 0 Å². The van der Waals surface area contributed by atoms with Gasteiger partial charge in [0, 0.05) is 17.8 Å². The van der Waals surface area contributed by atoms with Crippen LogP contribution in [0.3, 0.4) is 0 Å². The third-order valence-electron chi connectivity index (χ3n) is 3.14. The Morgan fingerprint density at radius 1 is 0.941 bits per heavy atom. The van der Waals surface area contributed by atoms with E-state index in [0.717, 1.165) is 13.0 Å². The summed E-state index contributed by atoms with van der Waals surface area (Å²) in [4.78, 5) is 0. The molecular formula is C16H15N. The van der Waals surface area contributed by atoms with Crippen LogP contribution in [0.4, 0.5) is 5.69 Å². The van der Waals surface area contributed by atoms with Gasteiger partial charge in [0.2, 0.25) is 0 Å². The first-order valence-corrected chi connectivity index (χ1v) is 6.00. The molecule has 0 amide bonds. The molecule has 1 aliphatic carbocycles. The fourth-order valence-corrected chi connectivity index (χ4v) is 2.24. The van der Waals surface area contributed by atoms with E-state index in [9.17, 15) is 0 Å². The minimum atomic E-state index is 0.880. The van der Waals surface area contributed by atoms with Crippen molar-refractivity contribution in [3.8, 4) is 0 Å². The molecule has 17 heavy (non-hydrogen) atoms. The summed E-state index contributed by atoms with van der Waals surface area (Å²) in [7, 11) is 0. The number of fused-ring (bicyclic) bond motifs is 1. The van der Waals surface area contributed by atoms with Gasteiger partial charge in [0.25, 0.3) is 0 Å². The van der Waals surface area contributed by atoms with E-state index in [1.54, 1.807) is 0 Å². The minimum absolute atomic E-state index is 0.880. The van der Waals surface area contributed by atoms with Gasteiger partial charge in [0.15, 0.2) is 0 Å². The molecule has 84 valence electrons. The van der Waals surface area contributed by atoms with Gasteiger partial charge in [-0.05, 0) is 23.6 Å². The van der Waals surface area contributed by atoms with Crippen molar-refractivity contribution < 1.29 is 0 Å². The molecule has 1 aliphatic rings. The molecule has 1 N–H and O–H groups in total. The highest BCUT2D eigenvalue weighted by Crippen LogP contribution is 2.27. The highest BCUT2D eigenvalue weighted by atomic mass is 14.9. The molecule has 3 rings (SSSR count). The van der Waals surface area contributed by atoms with Crippen molar-refractivity contribution in [2.45, 2.75) is 13.0 Å². The van der Waals surface area contributed by atoms with Crippen LogP contribution in [-0.4, -0.2) is 0 Å². The Bertz CT molecular complexity index is 541. The van der Waals surface area contributed by atoms with Crippen LogP contribution < -0.4 is 5.32 Å². The van der Waals surface area contributed by atoms with E-state index >= 15 is 0 Å². The van der Waals surface area contributed by atoms with Crippen LogP contribution in [0, 0.1) is 0 Å². The fraction of sp³-hybridized carbons (Fsp3) is 0.125. The molecule has 0 bridgehead atoms. The van der Waals surface area contributed by atoms with Gasteiger partial charge in [-0.15, -0.1) is 0 Å². The molecule has 0 aliphatic heterocycles. The average Bonchev–Trinajstić information content (AvgIpc) is 2.86. The zero-order valence-electron chi connectivity index (χ0n) is 9.69. The van der Waals surface area contributed by atoms with Crippen LogP contribution in [0.2, 0.25) is 0 Å². The Morgan fingerprint density at radius 2 is 1.82 bits per heavy atom. The molecule has 0 aromatic heterocycles. The van der Waals surface area contributed by atoms with Gasteiger partial charge in [0.1, 0.15) is 0 Å². The van der Waals surface area contributed by atoms with Gasteiger partial charge in [0.05, 0.1) is 0 Å². The standard InChI is InChI=1S/C16H15N/c1-2-6-13(7-3-1)12-17-16-11-5-9-14-8-4-10-15(14)16/h1-7,9-11,17H,8,12H2. The molecule has 0 radical (unpaired) electrons. The Labute approximate surface area is 102 Å². The quantitative estimate of drug-likeness (QED) is 0.829. The predicted molar refractivity (Wildman–Crippen MR) is 72.9 cm³/mol. The highest BCUT2D eigenvalue weighted by Gasteiger charge is 2.08. The SMILES string of the molecule is C1=Cc2c(cccc2NCc2ccccc2)C1. The Morgan fingerprint density at radius 3 is 2.71 bits per heavy atom. The summed E-state index contributed by atoms with van der Waals surface area (Å²) in [6, 6.07) is 17.0. The molecule has 0 spiro atoms. The summed E-state index contributed by atoms with van der Waals surface area (Å²) in [5.74, 6) is 0. The van der Waals surface area contributed by atoms with Crippen molar-refractivity contribution >= 4 is 11.8 Å². The number of anilines is 1. The normalized spacial score (nSPS) is 12.5. The topological polar surface area (TPSA) is 12.0 Å². The van der Waals surface area contributed by atoms with Gasteiger partial charge in [-0.25, -0.2) is 0 Å². The number of rotatable bonds is 3. The predicted octanol–water partition coefficient (Wildman–Crippen LogP) is 3.87. The first-order valence-electron chi connectivity index (χ1n) is 6.00. The second kappa shape index (κ2) is 4.46. The maximum atomic E-state index is 3.51. The van der Waals surface area contributed by atoms with E-state index in [0.29, 0.717) is 0 Å². The third kappa shape index (κ3) is 2.09. The number of benzene rings is 2. The summed E-state index contributed by atoms with van der Waals surface area (Å²) in [5.41, 5.74) is 5.32. The summed E-state index contributed by atoms with van der Waals surface area (Å²) < 4.78 is 0. The van der Waals surface area contributed by atoms with Gasteiger partial charge >= 0.3 is 0 Å². The lowest BCUT2D eigenvalue weighted by atomic mass is 10.1. The first-order chi connectivity index (χ1) is 8.43. The number of hydrogen-bond acceptors (Lipinski definition) is 1. The minimum Gasteiger partial charge on any atom is -0.380 e. The molecule has 0 heterocycles. The van der Waals surface area contributed by atoms with Crippen molar-refractivity contribution in [1.29, 1.82) is 0 Å².